The third-order valence-electron chi connectivity index (χ3n) is 7.41. The Kier molecular flexibility index (Phi) is 6.36. The number of anilines is 1. The fourth-order valence-corrected chi connectivity index (χ4v) is 5.27. The van der Waals surface area contributed by atoms with E-state index in [2.05, 4.69) is 32.1 Å². The SMILES string of the molecule is Cc1cccc([C@H](C)NC(=O)c2cn(C)c3ccc(-c4ccn5nc(NC(=O)[C@H]6CCCN6)nc5c4)cc23)c1. The summed E-state index contributed by atoms with van der Waals surface area (Å²) in [6.45, 7) is 4.89. The molecular weight excluding hydrogens is 490 g/mol. The second-order valence-corrected chi connectivity index (χ2v) is 10.3. The van der Waals surface area contributed by atoms with Gasteiger partial charge in [0.2, 0.25) is 11.9 Å². The summed E-state index contributed by atoms with van der Waals surface area (Å²) in [6.07, 6.45) is 5.51. The number of fused-ring (bicyclic) bond motifs is 2. The number of aromatic nitrogens is 4. The molecule has 0 saturated carbocycles. The zero-order valence-corrected chi connectivity index (χ0v) is 22.2. The highest BCUT2D eigenvalue weighted by molar-refractivity contribution is 6.08. The summed E-state index contributed by atoms with van der Waals surface area (Å²) < 4.78 is 3.62. The van der Waals surface area contributed by atoms with Gasteiger partial charge in [0.15, 0.2) is 5.65 Å². The molecule has 1 aliphatic rings. The van der Waals surface area contributed by atoms with E-state index in [1.165, 1.54) is 0 Å². The highest BCUT2D eigenvalue weighted by atomic mass is 16.2. The number of hydrogen-bond donors (Lipinski definition) is 3. The third-order valence-corrected chi connectivity index (χ3v) is 7.41. The van der Waals surface area contributed by atoms with Gasteiger partial charge in [-0.05, 0) is 74.2 Å². The predicted octanol–water partition coefficient (Wildman–Crippen LogP) is 4.38. The lowest BCUT2D eigenvalue weighted by Crippen LogP contribution is -2.35. The quantitative estimate of drug-likeness (QED) is 0.308. The van der Waals surface area contributed by atoms with Crippen LogP contribution in [0.3, 0.4) is 0 Å². The first kappa shape index (κ1) is 24.8. The standard InChI is InChI=1S/C30H31N7O2/c1-18-6-4-7-20(14-18)19(2)32-28(38)24-17-36(3)26-10-9-21(15-23(24)26)22-11-13-37-27(16-22)33-30(35-37)34-29(39)25-8-5-12-31-25/h4,6-7,9-11,13-17,19,25,31H,5,8,12H2,1-3H3,(H,32,38)(H,34,35,39)/t19-,25+/m0/s1. The average molecular weight is 522 g/mol. The molecule has 4 heterocycles. The Morgan fingerprint density at radius 1 is 1.10 bits per heavy atom. The maximum Gasteiger partial charge on any atom is 0.253 e. The Labute approximate surface area is 226 Å². The fourth-order valence-electron chi connectivity index (χ4n) is 5.27. The Bertz CT molecular complexity index is 1710. The number of nitrogens with one attached hydrogen (secondary N) is 3. The van der Waals surface area contributed by atoms with E-state index in [9.17, 15) is 9.59 Å². The van der Waals surface area contributed by atoms with Crippen molar-refractivity contribution in [3.63, 3.8) is 0 Å². The largest absolute Gasteiger partial charge is 0.350 e. The van der Waals surface area contributed by atoms with Crippen molar-refractivity contribution in [3.8, 4) is 11.1 Å². The van der Waals surface area contributed by atoms with Gasteiger partial charge < -0.3 is 15.2 Å². The number of carbonyl (C=O) groups excluding carboxylic acids is 2. The molecule has 198 valence electrons. The van der Waals surface area contributed by atoms with Gasteiger partial charge in [-0.25, -0.2) is 4.52 Å². The minimum absolute atomic E-state index is 0.110. The van der Waals surface area contributed by atoms with Crippen LogP contribution in [0, 0.1) is 6.92 Å². The molecule has 0 bridgehead atoms. The molecule has 2 amide bonds. The Morgan fingerprint density at radius 2 is 1.95 bits per heavy atom. The van der Waals surface area contributed by atoms with Crippen LogP contribution in [-0.2, 0) is 11.8 Å². The molecular formula is C30H31N7O2. The number of amides is 2. The van der Waals surface area contributed by atoms with Crippen molar-refractivity contribution < 1.29 is 9.59 Å². The van der Waals surface area contributed by atoms with E-state index in [1.54, 1.807) is 4.52 Å². The Hall–Kier alpha value is -4.50. The molecule has 39 heavy (non-hydrogen) atoms. The van der Waals surface area contributed by atoms with Gasteiger partial charge >= 0.3 is 0 Å². The number of nitrogens with zero attached hydrogens (tertiary/aromatic N) is 4. The van der Waals surface area contributed by atoms with E-state index >= 15 is 0 Å². The summed E-state index contributed by atoms with van der Waals surface area (Å²) >= 11 is 0. The van der Waals surface area contributed by atoms with Gasteiger partial charge in [-0.15, -0.1) is 5.10 Å². The highest BCUT2D eigenvalue weighted by Gasteiger charge is 2.23. The van der Waals surface area contributed by atoms with Crippen LogP contribution in [0.25, 0.3) is 27.7 Å². The first-order valence-corrected chi connectivity index (χ1v) is 13.2. The molecule has 9 heteroatoms. The van der Waals surface area contributed by atoms with Crippen LogP contribution < -0.4 is 16.0 Å². The van der Waals surface area contributed by atoms with Crippen molar-refractivity contribution in [2.75, 3.05) is 11.9 Å². The van der Waals surface area contributed by atoms with Crippen LogP contribution >= 0.6 is 0 Å². The molecule has 0 spiro atoms. The van der Waals surface area contributed by atoms with Gasteiger partial charge in [0.1, 0.15) is 0 Å². The van der Waals surface area contributed by atoms with Crippen LogP contribution in [0.2, 0.25) is 0 Å². The maximum atomic E-state index is 13.4. The first-order valence-electron chi connectivity index (χ1n) is 13.2. The maximum absolute atomic E-state index is 13.4. The monoisotopic (exact) mass is 521 g/mol. The number of carbonyl (C=O) groups is 2. The van der Waals surface area contributed by atoms with E-state index in [0.29, 0.717) is 11.2 Å². The molecule has 0 aliphatic carbocycles. The number of benzene rings is 2. The molecule has 9 nitrogen and oxygen atoms in total. The smallest absolute Gasteiger partial charge is 0.253 e. The van der Waals surface area contributed by atoms with Crippen LogP contribution in [-0.4, -0.2) is 43.6 Å². The molecule has 0 radical (unpaired) electrons. The molecule has 1 fully saturated rings. The lowest BCUT2D eigenvalue weighted by Gasteiger charge is -2.14. The summed E-state index contributed by atoms with van der Waals surface area (Å²) in [5.74, 6) is 0.0588. The summed E-state index contributed by atoms with van der Waals surface area (Å²) in [5, 5.41) is 14.4. The van der Waals surface area contributed by atoms with Gasteiger partial charge in [0, 0.05) is 30.3 Å². The van der Waals surface area contributed by atoms with Gasteiger partial charge in [-0.3, -0.25) is 14.9 Å². The van der Waals surface area contributed by atoms with Crippen LogP contribution in [0.1, 0.15) is 47.3 Å². The second kappa shape index (κ2) is 9.99. The van der Waals surface area contributed by atoms with Crippen molar-refractivity contribution in [1.29, 1.82) is 0 Å². The highest BCUT2D eigenvalue weighted by Crippen LogP contribution is 2.29. The summed E-state index contributed by atoms with van der Waals surface area (Å²) in [5.41, 5.74) is 6.36. The van der Waals surface area contributed by atoms with E-state index in [4.69, 9.17) is 0 Å². The van der Waals surface area contributed by atoms with Gasteiger partial charge in [0.25, 0.3) is 5.91 Å². The van der Waals surface area contributed by atoms with Gasteiger partial charge in [-0.2, -0.15) is 4.98 Å². The molecule has 0 unspecified atom stereocenters. The average Bonchev–Trinajstić information content (AvgIpc) is 3.67. The zero-order valence-electron chi connectivity index (χ0n) is 22.2. The van der Waals surface area contributed by atoms with Crippen molar-refractivity contribution in [3.05, 3.63) is 83.7 Å². The topological polar surface area (TPSA) is 105 Å². The third kappa shape index (κ3) is 4.88. The second-order valence-electron chi connectivity index (χ2n) is 10.3. The minimum Gasteiger partial charge on any atom is -0.350 e. The first-order chi connectivity index (χ1) is 18.9. The van der Waals surface area contributed by atoms with Gasteiger partial charge in [-0.1, -0.05) is 35.9 Å². The minimum atomic E-state index is -0.198. The lowest BCUT2D eigenvalue weighted by molar-refractivity contribution is -0.117. The van der Waals surface area contributed by atoms with Crippen molar-refractivity contribution in [2.24, 2.45) is 7.05 Å². The lowest BCUT2D eigenvalue weighted by atomic mass is 10.0. The fraction of sp³-hybridized carbons (Fsp3) is 0.267. The summed E-state index contributed by atoms with van der Waals surface area (Å²) in [4.78, 5) is 30.3. The van der Waals surface area contributed by atoms with Crippen molar-refractivity contribution in [1.82, 2.24) is 29.8 Å². The van der Waals surface area contributed by atoms with Crippen LogP contribution in [0.5, 0.6) is 0 Å². The number of rotatable bonds is 6. The molecule has 1 saturated heterocycles. The van der Waals surface area contributed by atoms with E-state index < -0.39 is 0 Å². The predicted molar refractivity (Wildman–Crippen MR) is 152 cm³/mol. The Balaban J connectivity index is 1.27. The van der Waals surface area contributed by atoms with Crippen LogP contribution in [0.4, 0.5) is 5.95 Å². The molecule has 3 aromatic heterocycles. The molecule has 2 atom stereocenters. The number of aryl methyl sites for hydroxylation is 2. The van der Waals surface area contributed by atoms with Crippen molar-refractivity contribution >= 4 is 34.3 Å². The van der Waals surface area contributed by atoms with Crippen molar-refractivity contribution in [2.45, 2.75) is 38.8 Å². The summed E-state index contributed by atoms with van der Waals surface area (Å²) in [6, 6.07) is 17.8. The number of hydrogen-bond acceptors (Lipinski definition) is 5. The molecule has 2 aromatic carbocycles. The molecule has 6 rings (SSSR count). The van der Waals surface area contributed by atoms with Gasteiger partial charge in [0.05, 0.1) is 17.6 Å². The molecule has 3 N–H and O–H groups in total. The van der Waals surface area contributed by atoms with E-state index in [0.717, 1.165) is 52.5 Å². The van der Waals surface area contributed by atoms with E-state index in [-0.39, 0.29) is 29.8 Å². The zero-order chi connectivity index (χ0) is 27.1. The normalized spacial score (nSPS) is 16.0. The molecule has 1 aliphatic heterocycles. The van der Waals surface area contributed by atoms with E-state index in [1.807, 2.05) is 86.4 Å². The molecule has 5 aromatic rings. The summed E-state index contributed by atoms with van der Waals surface area (Å²) in [7, 11) is 1.95. The Morgan fingerprint density at radius 3 is 2.74 bits per heavy atom. The van der Waals surface area contributed by atoms with Crippen LogP contribution in [0.15, 0.2) is 67.0 Å². The number of pyridine rings is 1.